The fourth-order valence-electron chi connectivity index (χ4n) is 2.16. The average Bonchev–Trinajstić information content (AvgIpc) is 2.45. The predicted octanol–water partition coefficient (Wildman–Crippen LogP) is 4.56. The zero-order valence-corrected chi connectivity index (χ0v) is 12.4. The van der Waals surface area contributed by atoms with E-state index in [0.29, 0.717) is 0 Å². The first-order chi connectivity index (χ1) is 9.24. The summed E-state index contributed by atoms with van der Waals surface area (Å²) in [6, 6.07) is 14.7. The van der Waals surface area contributed by atoms with Crippen LogP contribution in [0.3, 0.4) is 0 Å². The second-order valence-corrected chi connectivity index (χ2v) is 5.07. The van der Waals surface area contributed by atoms with Gasteiger partial charge in [-0.3, -0.25) is 0 Å². The van der Waals surface area contributed by atoms with E-state index in [2.05, 4.69) is 15.9 Å². The number of hydrogen-bond acceptors (Lipinski definition) is 1. The Balaban J connectivity index is 2.24. The third-order valence-corrected chi connectivity index (χ3v) is 3.95. The second kappa shape index (κ2) is 6.71. The van der Waals surface area contributed by atoms with Crippen molar-refractivity contribution >= 4 is 15.9 Å². The third kappa shape index (κ3) is 3.57. The Kier molecular flexibility index (Phi) is 4.97. The normalized spacial score (nSPS) is 12.2. The van der Waals surface area contributed by atoms with Crippen molar-refractivity contribution in [2.45, 2.75) is 12.3 Å². The van der Waals surface area contributed by atoms with Crippen LogP contribution in [0.5, 0.6) is 5.75 Å². The number of alkyl halides is 1. The molecule has 0 heterocycles. The molecule has 2 aromatic rings. The zero-order chi connectivity index (χ0) is 13.7. The van der Waals surface area contributed by atoms with E-state index in [-0.39, 0.29) is 11.7 Å². The lowest BCUT2D eigenvalue weighted by Gasteiger charge is -2.16. The molecule has 1 atom stereocenters. The van der Waals surface area contributed by atoms with Crippen LogP contribution < -0.4 is 4.74 Å². The van der Waals surface area contributed by atoms with Crippen LogP contribution in [-0.2, 0) is 6.42 Å². The van der Waals surface area contributed by atoms with Gasteiger partial charge in [0.05, 0.1) is 7.11 Å². The number of methoxy groups -OCH3 is 1. The van der Waals surface area contributed by atoms with Gasteiger partial charge in [-0.1, -0.05) is 46.3 Å². The molecule has 2 aromatic carbocycles. The summed E-state index contributed by atoms with van der Waals surface area (Å²) in [5, 5.41) is 0.786. The van der Waals surface area contributed by atoms with Gasteiger partial charge < -0.3 is 4.74 Å². The van der Waals surface area contributed by atoms with Gasteiger partial charge in [-0.05, 0) is 41.7 Å². The van der Waals surface area contributed by atoms with Crippen LogP contribution in [0.15, 0.2) is 48.5 Å². The fraction of sp³-hybridized carbons (Fsp3) is 0.250. The molecule has 0 bridgehead atoms. The van der Waals surface area contributed by atoms with Crippen molar-refractivity contribution in [3.8, 4) is 5.75 Å². The van der Waals surface area contributed by atoms with Crippen LogP contribution in [0.4, 0.5) is 4.39 Å². The van der Waals surface area contributed by atoms with Crippen LogP contribution in [-0.4, -0.2) is 12.4 Å². The van der Waals surface area contributed by atoms with Crippen LogP contribution in [0.1, 0.15) is 17.0 Å². The molecular formula is C16H16BrFO. The molecule has 0 fully saturated rings. The van der Waals surface area contributed by atoms with Crippen molar-refractivity contribution < 1.29 is 9.13 Å². The van der Waals surface area contributed by atoms with E-state index in [1.165, 1.54) is 6.07 Å². The molecule has 0 aromatic heterocycles. The number of para-hydroxylation sites is 1. The average molecular weight is 323 g/mol. The molecule has 0 aliphatic rings. The Hall–Kier alpha value is -1.35. The summed E-state index contributed by atoms with van der Waals surface area (Å²) >= 11 is 3.52. The Morgan fingerprint density at radius 1 is 1.16 bits per heavy atom. The molecule has 0 N–H and O–H groups in total. The van der Waals surface area contributed by atoms with Crippen molar-refractivity contribution in [3.05, 3.63) is 65.5 Å². The molecule has 1 nitrogen and oxygen atoms in total. The molecule has 1 unspecified atom stereocenters. The highest BCUT2D eigenvalue weighted by atomic mass is 79.9. The molecule has 0 aliphatic carbocycles. The quantitative estimate of drug-likeness (QED) is 0.733. The Morgan fingerprint density at radius 3 is 2.63 bits per heavy atom. The maximum atomic E-state index is 13.3. The summed E-state index contributed by atoms with van der Waals surface area (Å²) in [6.45, 7) is 0. The van der Waals surface area contributed by atoms with E-state index in [1.54, 1.807) is 19.2 Å². The molecule has 0 aliphatic heterocycles. The standard InChI is InChI=1S/C16H16BrFO/c1-19-16-8-3-2-5-13(16)9-14(11-17)12-6-4-7-15(18)10-12/h2-8,10,14H,9,11H2,1H3. The minimum atomic E-state index is -0.191. The monoisotopic (exact) mass is 322 g/mol. The Bertz CT molecular complexity index is 542. The smallest absolute Gasteiger partial charge is 0.123 e. The van der Waals surface area contributed by atoms with Gasteiger partial charge in [0, 0.05) is 5.33 Å². The van der Waals surface area contributed by atoms with E-state index < -0.39 is 0 Å². The molecular weight excluding hydrogens is 307 g/mol. The van der Waals surface area contributed by atoms with Gasteiger partial charge in [-0.25, -0.2) is 4.39 Å². The Morgan fingerprint density at radius 2 is 1.95 bits per heavy atom. The zero-order valence-electron chi connectivity index (χ0n) is 10.8. The van der Waals surface area contributed by atoms with Crippen LogP contribution in [0, 0.1) is 5.82 Å². The highest BCUT2D eigenvalue weighted by molar-refractivity contribution is 9.09. The molecule has 19 heavy (non-hydrogen) atoms. The molecule has 0 radical (unpaired) electrons. The molecule has 3 heteroatoms. The molecule has 100 valence electrons. The maximum Gasteiger partial charge on any atom is 0.123 e. The number of halogens is 2. The van der Waals surface area contributed by atoms with Gasteiger partial charge in [0.25, 0.3) is 0 Å². The lowest BCUT2D eigenvalue weighted by molar-refractivity contribution is 0.408. The van der Waals surface area contributed by atoms with E-state index in [4.69, 9.17) is 4.74 Å². The van der Waals surface area contributed by atoms with Gasteiger partial charge >= 0.3 is 0 Å². The first kappa shape index (κ1) is 14.1. The van der Waals surface area contributed by atoms with E-state index >= 15 is 0 Å². The van der Waals surface area contributed by atoms with Gasteiger partial charge in [-0.15, -0.1) is 0 Å². The van der Waals surface area contributed by atoms with Crippen molar-refractivity contribution in [1.82, 2.24) is 0 Å². The lowest BCUT2D eigenvalue weighted by Crippen LogP contribution is -2.06. The van der Waals surface area contributed by atoms with Crippen molar-refractivity contribution in [1.29, 1.82) is 0 Å². The number of hydrogen-bond donors (Lipinski definition) is 0. The fourth-order valence-corrected chi connectivity index (χ4v) is 2.76. The minimum absolute atomic E-state index is 0.191. The van der Waals surface area contributed by atoms with E-state index in [9.17, 15) is 4.39 Å². The van der Waals surface area contributed by atoms with Crippen LogP contribution >= 0.6 is 15.9 Å². The third-order valence-electron chi connectivity index (χ3n) is 3.17. The summed E-state index contributed by atoms with van der Waals surface area (Å²) in [4.78, 5) is 0. The predicted molar refractivity (Wildman–Crippen MR) is 79.6 cm³/mol. The first-order valence-corrected chi connectivity index (χ1v) is 7.30. The van der Waals surface area contributed by atoms with Crippen molar-refractivity contribution in [2.75, 3.05) is 12.4 Å². The summed E-state index contributed by atoms with van der Waals surface area (Å²) in [5.74, 6) is 0.917. The van der Waals surface area contributed by atoms with Gasteiger partial charge in [0.1, 0.15) is 11.6 Å². The van der Waals surface area contributed by atoms with Crippen molar-refractivity contribution in [2.24, 2.45) is 0 Å². The minimum Gasteiger partial charge on any atom is -0.496 e. The Labute approximate surface area is 121 Å². The maximum absolute atomic E-state index is 13.3. The summed E-state index contributed by atoms with van der Waals surface area (Å²) in [5.41, 5.74) is 2.14. The summed E-state index contributed by atoms with van der Waals surface area (Å²) < 4.78 is 18.7. The van der Waals surface area contributed by atoms with E-state index in [1.807, 2.05) is 30.3 Å². The highest BCUT2D eigenvalue weighted by Gasteiger charge is 2.14. The van der Waals surface area contributed by atoms with Gasteiger partial charge in [0.15, 0.2) is 0 Å². The number of benzene rings is 2. The lowest BCUT2D eigenvalue weighted by atomic mass is 9.93. The van der Waals surface area contributed by atoms with Gasteiger partial charge in [-0.2, -0.15) is 0 Å². The number of ether oxygens (including phenoxy) is 1. The SMILES string of the molecule is COc1ccccc1CC(CBr)c1cccc(F)c1. The highest BCUT2D eigenvalue weighted by Crippen LogP contribution is 2.28. The van der Waals surface area contributed by atoms with Crippen LogP contribution in [0.2, 0.25) is 0 Å². The van der Waals surface area contributed by atoms with Gasteiger partial charge in [0.2, 0.25) is 0 Å². The largest absolute Gasteiger partial charge is 0.496 e. The number of rotatable bonds is 5. The molecule has 0 saturated carbocycles. The first-order valence-electron chi connectivity index (χ1n) is 6.18. The van der Waals surface area contributed by atoms with Crippen LogP contribution in [0.25, 0.3) is 0 Å². The molecule has 0 saturated heterocycles. The summed E-state index contributed by atoms with van der Waals surface area (Å²) in [6.07, 6.45) is 0.818. The van der Waals surface area contributed by atoms with Crippen molar-refractivity contribution in [3.63, 3.8) is 0 Å². The van der Waals surface area contributed by atoms with E-state index in [0.717, 1.165) is 28.6 Å². The molecule has 2 rings (SSSR count). The topological polar surface area (TPSA) is 9.23 Å². The molecule has 0 amide bonds. The second-order valence-electron chi connectivity index (χ2n) is 4.42. The molecule has 0 spiro atoms. The summed E-state index contributed by atoms with van der Waals surface area (Å²) in [7, 11) is 1.67.